The number of thioether (sulfide) groups is 1. The summed E-state index contributed by atoms with van der Waals surface area (Å²) in [5.41, 5.74) is 2.09. The highest BCUT2D eigenvalue weighted by atomic mass is 35.5. The first kappa shape index (κ1) is 30.9. The van der Waals surface area contributed by atoms with Crippen molar-refractivity contribution >= 4 is 69.1 Å². The van der Waals surface area contributed by atoms with Gasteiger partial charge in [0, 0.05) is 14.9 Å². The summed E-state index contributed by atoms with van der Waals surface area (Å²) in [4.78, 5) is 39.3. The normalized spacial score (nSPS) is 12.1. The van der Waals surface area contributed by atoms with Crippen LogP contribution >= 0.6 is 46.3 Å². The minimum absolute atomic E-state index is 0.00478. The van der Waals surface area contributed by atoms with E-state index in [-0.39, 0.29) is 37.3 Å². The number of nitrogens with zero attached hydrogens (tertiary/aromatic N) is 3. The Bertz CT molecular complexity index is 1640. The molecule has 0 atom stereocenters. The summed E-state index contributed by atoms with van der Waals surface area (Å²) in [7, 11) is 0. The summed E-state index contributed by atoms with van der Waals surface area (Å²) in [6, 6.07) is 13.8. The zero-order valence-corrected chi connectivity index (χ0v) is 26.2. The molecule has 1 aliphatic rings. The topological polar surface area (TPSA) is 124 Å². The number of hydrogen-bond donors (Lipinski definition) is 2. The summed E-state index contributed by atoms with van der Waals surface area (Å²) in [6.07, 6.45) is 2.65. The molecule has 0 fully saturated rings. The van der Waals surface area contributed by atoms with E-state index in [1.807, 2.05) is 6.07 Å². The zero-order valence-electron chi connectivity index (χ0n) is 23.0. The fourth-order valence-electron chi connectivity index (χ4n) is 4.50. The number of aryl methyl sites for hydroxylation is 1. The van der Waals surface area contributed by atoms with E-state index in [2.05, 4.69) is 20.8 Å². The third kappa shape index (κ3) is 7.69. The molecule has 1 aliphatic carbocycles. The Hall–Kier alpha value is -3.58. The van der Waals surface area contributed by atoms with Gasteiger partial charge in [-0.1, -0.05) is 41.0 Å². The van der Waals surface area contributed by atoms with Gasteiger partial charge in [0.2, 0.25) is 5.91 Å². The highest BCUT2D eigenvalue weighted by Crippen LogP contribution is 2.39. The van der Waals surface area contributed by atoms with Crippen molar-refractivity contribution in [3.8, 4) is 11.4 Å². The number of aromatic nitrogens is 3. The molecule has 0 spiro atoms. The molecule has 224 valence electrons. The van der Waals surface area contributed by atoms with Crippen LogP contribution in [-0.4, -0.2) is 51.5 Å². The van der Waals surface area contributed by atoms with E-state index in [0.29, 0.717) is 43.0 Å². The van der Waals surface area contributed by atoms with Gasteiger partial charge < -0.3 is 20.1 Å². The van der Waals surface area contributed by atoms with Crippen molar-refractivity contribution in [3.63, 3.8) is 0 Å². The lowest BCUT2D eigenvalue weighted by atomic mass is 10.1. The van der Waals surface area contributed by atoms with Gasteiger partial charge in [-0.15, -0.1) is 21.5 Å². The van der Waals surface area contributed by atoms with Crippen LogP contribution in [0.4, 0.5) is 5.00 Å². The van der Waals surface area contributed by atoms with E-state index in [0.717, 1.165) is 29.7 Å². The third-order valence-electron chi connectivity index (χ3n) is 6.38. The second-order valence-corrected chi connectivity index (χ2v) is 12.3. The van der Waals surface area contributed by atoms with E-state index >= 15 is 0 Å². The van der Waals surface area contributed by atoms with E-state index in [4.69, 9.17) is 32.7 Å². The molecule has 2 N–H and O–H groups in total. The number of anilines is 1. The molecule has 2 heterocycles. The van der Waals surface area contributed by atoms with Crippen LogP contribution in [0.15, 0.2) is 53.7 Å². The molecule has 0 unspecified atom stereocenters. The number of thiophene rings is 1. The average Bonchev–Trinajstić information content (AvgIpc) is 3.69. The molecule has 2 aromatic carbocycles. The summed E-state index contributed by atoms with van der Waals surface area (Å²) in [6.45, 7) is 1.86. The number of fused-ring (bicyclic) bond motifs is 1. The molecule has 43 heavy (non-hydrogen) atoms. The Morgan fingerprint density at radius 2 is 1.86 bits per heavy atom. The van der Waals surface area contributed by atoms with Crippen molar-refractivity contribution in [2.75, 3.05) is 24.3 Å². The van der Waals surface area contributed by atoms with E-state index < -0.39 is 5.97 Å². The minimum atomic E-state index is -0.421. The Morgan fingerprint density at radius 1 is 1.05 bits per heavy atom. The van der Waals surface area contributed by atoms with Gasteiger partial charge in [0.1, 0.15) is 10.8 Å². The quantitative estimate of drug-likeness (QED) is 0.146. The largest absolute Gasteiger partial charge is 0.484 e. The van der Waals surface area contributed by atoms with Crippen molar-refractivity contribution < 1.29 is 23.9 Å². The van der Waals surface area contributed by atoms with Crippen LogP contribution in [0.3, 0.4) is 0 Å². The molecule has 5 rings (SSSR count). The number of rotatable bonds is 12. The highest BCUT2D eigenvalue weighted by Gasteiger charge is 2.28. The van der Waals surface area contributed by atoms with Crippen molar-refractivity contribution in [2.45, 2.75) is 37.9 Å². The standard InChI is InChI=1S/C29H27Cl2N5O5S2/c1-2-40-28(39)26-21-7-4-8-22(21)43-27(26)33-25(38)16-42-29-35-34-23(36(29)19-6-3-5-18(31)13-19)14-32-24(37)15-41-20-11-9-17(30)10-12-20/h3,5-6,9-13H,2,4,7-8,14-16H2,1H3,(H,32,37)(H,33,38). The van der Waals surface area contributed by atoms with Crippen molar-refractivity contribution in [2.24, 2.45) is 0 Å². The maximum atomic E-state index is 13.0. The molecule has 14 heteroatoms. The molecule has 0 bridgehead atoms. The van der Waals surface area contributed by atoms with Crippen LogP contribution in [0.2, 0.25) is 10.0 Å². The number of benzene rings is 2. The van der Waals surface area contributed by atoms with Gasteiger partial charge in [0.05, 0.1) is 30.2 Å². The lowest BCUT2D eigenvalue weighted by molar-refractivity contribution is -0.123. The number of ether oxygens (including phenoxy) is 2. The van der Waals surface area contributed by atoms with Crippen molar-refractivity contribution in [1.29, 1.82) is 0 Å². The van der Waals surface area contributed by atoms with Gasteiger partial charge in [-0.05, 0) is 74.2 Å². The van der Waals surface area contributed by atoms with Crippen LogP contribution < -0.4 is 15.4 Å². The third-order valence-corrected chi connectivity index (χ3v) is 9.00. The van der Waals surface area contributed by atoms with E-state index in [1.165, 1.54) is 23.1 Å². The van der Waals surface area contributed by atoms with E-state index in [1.54, 1.807) is 54.0 Å². The number of carbonyl (C=O) groups excluding carboxylic acids is 3. The lowest BCUT2D eigenvalue weighted by Crippen LogP contribution is -2.29. The van der Waals surface area contributed by atoms with Gasteiger partial charge in [0.15, 0.2) is 17.6 Å². The fraction of sp³-hybridized carbons (Fsp3) is 0.276. The Morgan fingerprint density at radius 3 is 2.63 bits per heavy atom. The summed E-state index contributed by atoms with van der Waals surface area (Å²) >= 11 is 14.7. The number of hydrogen-bond acceptors (Lipinski definition) is 9. The van der Waals surface area contributed by atoms with E-state index in [9.17, 15) is 14.4 Å². The first-order valence-corrected chi connectivity index (χ1v) is 16.0. The molecule has 10 nitrogen and oxygen atoms in total. The van der Waals surface area contributed by atoms with Crippen LogP contribution in [-0.2, 0) is 33.7 Å². The summed E-state index contributed by atoms with van der Waals surface area (Å²) < 4.78 is 12.5. The number of carbonyl (C=O) groups is 3. The van der Waals surface area contributed by atoms with Gasteiger partial charge in [-0.3, -0.25) is 14.2 Å². The SMILES string of the molecule is CCOC(=O)c1c(NC(=O)CSc2nnc(CNC(=O)COc3ccc(Cl)cc3)n2-c2cccc(Cl)c2)sc2c1CCC2. The molecule has 0 aliphatic heterocycles. The predicted molar refractivity (Wildman–Crippen MR) is 167 cm³/mol. The van der Waals surface area contributed by atoms with Gasteiger partial charge in [-0.25, -0.2) is 4.79 Å². The second-order valence-electron chi connectivity index (χ2n) is 9.35. The van der Waals surface area contributed by atoms with Crippen molar-refractivity contribution in [1.82, 2.24) is 20.1 Å². The molecule has 2 aromatic heterocycles. The molecular weight excluding hydrogens is 633 g/mol. The number of nitrogens with one attached hydrogen (secondary N) is 2. The second kappa shape index (κ2) is 14.3. The monoisotopic (exact) mass is 659 g/mol. The number of amides is 2. The first-order chi connectivity index (χ1) is 20.8. The smallest absolute Gasteiger partial charge is 0.341 e. The van der Waals surface area contributed by atoms with Crippen molar-refractivity contribution in [3.05, 3.63) is 80.4 Å². The Balaban J connectivity index is 1.26. The summed E-state index contributed by atoms with van der Waals surface area (Å²) in [5.74, 6) is -0.125. The molecular formula is C29H27Cl2N5O5S2. The first-order valence-electron chi connectivity index (χ1n) is 13.4. The maximum Gasteiger partial charge on any atom is 0.341 e. The lowest BCUT2D eigenvalue weighted by Gasteiger charge is -2.12. The molecule has 0 saturated heterocycles. The van der Waals surface area contributed by atoms with Gasteiger partial charge >= 0.3 is 5.97 Å². The van der Waals surface area contributed by atoms with Crippen LogP contribution in [0.5, 0.6) is 5.75 Å². The number of esters is 1. The molecule has 0 radical (unpaired) electrons. The summed E-state index contributed by atoms with van der Waals surface area (Å²) in [5, 5.41) is 16.2. The van der Waals surface area contributed by atoms with Crippen LogP contribution in [0, 0.1) is 0 Å². The van der Waals surface area contributed by atoms with Gasteiger partial charge in [-0.2, -0.15) is 0 Å². The zero-order chi connectivity index (χ0) is 30.3. The van der Waals surface area contributed by atoms with Crippen LogP contribution in [0.1, 0.15) is 40.0 Å². The fourth-order valence-corrected chi connectivity index (χ4v) is 6.87. The highest BCUT2D eigenvalue weighted by molar-refractivity contribution is 7.99. The van der Waals surface area contributed by atoms with Gasteiger partial charge in [0.25, 0.3) is 5.91 Å². The molecule has 4 aromatic rings. The molecule has 2 amide bonds. The Kier molecular flexibility index (Phi) is 10.2. The molecule has 0 saturated carbocycles. The maximum absolute atomic E-state index is 13.0. The average molecular weight is 661 g/mol. The predicted octanol–water partition coefficient (Wildman–Crippen LogP) is 5.73. The Labute approximate surface area is 266 Å². The number of halogens is 2. The minimum Gasteiger partial charge on any atom is -0.484 e. The van der Waals surface area contributed by atoms with Crippen LogP contribution in [0.25, 0.3) is 5.69 Å².